The summed E-state index contributed by atoms with van der Waals surface area (Å²) < 4.78 is 1.54. The largest absolute Gasteiger partial charge is 0.476 e. The lowest BCUT2D eigenvalue weighted by molar-refractivity contribution is 0.0690. The van der Waals surface area contributed by atoms with Crippen LogP contribution in [0.3, 0.4) is 0 Å². The molecular formula is C9H5IN5O2P. The Kier molecular flexibility index (Phi) is 3.84. The lowest BCUT2D eigenvalue weighted by Gasteiger charge is -2.01. The van der Waals surface area contributed by atoms with Gasteiger partial charge in [0, 0.05) is 12.1 Å². The van der Waals surface area contributed by atoms with Crippen molar-refractivity contribution in [2.24, 2.45) is 0 Å². The van der Waals surface area contributed by atoms with Crippen molar-refractivity contribution in [3.63, 3.8) is 0 Å². The van der Waals surface area contributed by atoms with Gasteiger partial charge < -0.3 is 5.11 Å². The van der Waals surface area contributed by atoms with Crippen LogP contribution in [0.1, 0.15) is 16.2 Å². The van der Waals surface area contributed by atoms with E-state index in [-0.39, 0.29) is 17.8 Å². The first-order chi connectivity index (χ1) is 8.65. The number of aromatic carboxylic acids is 1. The van der Waals surface area contributed by atoms with Gasteiger partial charge >= 0.3 is 5.97 Å². The molecule has 0 aliphatic rings. The molecule has 0 radical (unpaired) electrons. The van der Waals surface area contributed by atoms with E-state index in [0.29, 0.717) is 11.4 Å². The Labute approximate surface area is 116 Å². The second kappa shape index (κ2) is 5.37. The molecule has 1 atom stereocenters. The number of hydrogen-bond donors (Lipinski definition) is 1. The van der Waals surface area contributed by atoms with E-state index in [1.165, 1.54) is 22.9 Å². The predicted octanol–water partition coefficient (Wildman–Crippen LogP) is 1.70. The summed E-state index contributed by atoms with van der Waals surface area (Å²) in [5, 5.41) is 21.6. The first kappa shape index (κ1) is 12.9. The molecule has 0 aromatic carbocycles. The molecule has 0 spiro atoms. The van der Waals surface area contributed by atoms with E-state index in [9.17, 15) is 4.79 Å². The predicted molar refractivity (Wildman–Crippen MR) is 72.7 cm³/mol. The highest BCUT2D eigenvalue weighted by Crippen LogP contribution is 2.30. The average Bonchev–Trinajstić information content (AvgIpc) is 2.83. The third-order valence-electron chi connectivity index (χ3n) is 2.05. The summed E-state index contributed by atoms with van der Waals surface area (Å²) in [4.78, 5) is 18.7. The molecule has 1 unspecified atom stereocenters. The fourth-order valence-electron chi connectivity index (χ4n) is 1.29. The van der Waals surface area contributed by atoms with Gasteiger partial charge in [-0.2, -0.15) is 10.4 Å². The van der Waals surface area contributed by atoms with Crippen LogP contribution < -0.4 is 0 Å². The van der Waals surface area contributed by atoms with Gasteiger partial charge in [0.05, 0.1) is 17.8 Å². The third kappa shape index (κ3) is 2.47. The lowest BCUT2D eigenvalue weighted by Crippen LogP contribution is -1.97. The zero-order valence-electron chi connectivity index (χ0n) is 8.70. The molecular weight excluding hydrogens is 368 g/mol. The van der Waals surface area contributed by atoms with E-state index >= 15 is 0 Å². The van der Waals surface area contributed by atoms with Crippen LogP contribution in [0.5, 0.6) is 0 Å². The normalized spacial score (nSPS) is 10.7. The van der Waals surface area contributed by atoms with Crippen LogP contribution in [0, 0.1) is 11.3 Å². The first-order valence-electron chi connectivity index (χ1n) is 4.58. The molecule has 7 nitrogen and oxygen atoms in total. The zero-order chi connectivity index (χ0) is 13.1. The van der Waals surface area contributed by atoms with Crippen molar-refractivity contribution in [1.29, 1.82) is 5.26 Å². The topological polar surface area (TPSA) is 105 Å². The van der Waals surface area contributed by atoms with Crippen LogP contribution >= 0.6 is 28.4 Å². The molecule has 0 aliphatic carbocycles. The summed E-state index contributed by atoms with van der Waals surface area (Å²) in [5.74, 6) is -1.10. The summed E-state index contributed by atoms with van der Waals surface area (Å²) in [6, 6.07) is 4.83. The fraction of sp³-hybridized carbons (Fsp3) is 0. The fourth-order valence-corrected chi connectivity index (χ4v) is 2.81. The number of nitriles is 1. The smallest absolute Gasteiger partial charge is 0.356 e. The number of carboxylic acid groups (broad SMARTS) is 1. The minimum atomic E-state index is -1.10. The Balaban J connectivity index is 2.55. The van der Waals surface area contributed by atoms with Crippen LogP contribution in [-0.2, 0) is 0 Å². The molecule has 2 aromatic heterocycles. The zero-order valence-corrected chi connectivity index (χ0v) is 11.9. The molecule has 0 bridgehead atoms. The van der Waals surface area contributed by atoms with Crippen LogP contribution in [0.2, 0.25) is 0 Å². The number of hydrogen-bond acceptors (Lipinski definition) is 5. The maximum absolute atomic E-state index is 10.9. The van der Waals surface area contributed by atoms with Gasteiger partial charge in [0.15, 0.2) is 5.69 Å². The SMILES string of the molecule is N#Cc1cc(-c2cc(C(=O)O)nn2PI)ncn1. The van der Waals surface area contributed by atoms with Gasteiger partial charge in [-0.05, 0) is 22.0 Å². The van der Waals surface area contributed by atoms with Crippen molar-refractivity contribution in [2.75, 3.05) is 0 Å². The van der Waals surface area contributed by atoms with Crippen molar-refractivity contribution in [3.05, 3.63) is 29.8 Å². The van der Waals surface area contributed by atoms with Crippen molar-refractivity contribution < 1.29 is 9.90 Å². The Morgan fingerprint density at radius 2 is 2.28 bits per heavy atom. The second-order valence-electron chi connectivity index (χ2n) is 3.12. The molecule has 2 aromatic rings. The molecule has 9 heteroatoms. The van der Waals surface area contributed by atoms with Crippen LogP contribution in [0.25, 0.3) is 11.4 Å². The summed E-state index contributed by atoms with van der Waals surface area (Å²) in [6.07, 6.45) is 1.50. The molecule has 0 aliphatic heterocycles. The highest BCUT2D eigenvalue weighted by molar-refractivity contribution is 14.2. The van der Waals surface area contributed by atoms with Gasteiger partial charge in [0.25, 0.3) is 0 Å². The number of halogens is 1. The number of rotatable bonds is 3. The molecule has 90 valence electrons. The molecule has 2 heterocycles. The number of carboxylic acids is 1. The Hall–Kier alpha value is -1.59. The minimum Gasteiger partial charge on any atom is -0.476 e. The van der Waals surface area contributed by atoms with E-state index in [1.807, 2.05) is 6.07 Å². The van der Waals surface area contributed by atoms with Gasteiger partial charge in [-0.1, -0.05) is 0 Å². The second-order valence-corrected chi connectivity index (χ2v) is 5.16. The molecule has 0 fully saturated rings. The van der Waals surface area contributed by atoms with Crippen molar-refractivity contribution in [3.8, 4) is 17.5 Å². The molecule has 2 rings (SSSR count). The number of aromatic nitrogens is 4. The molecule has 0 amide bonds. The Bertz CT molecular complexity index is 651. The first-order valence-corrected chi connectivity index (χ1v) is 8.64. The molecule has 1 N–H and O–H groups in total. The maximum Gasteiger partial charge on any atom is 0.356 e. The van der Waals surface area contributed by atoms with Crippen LogP contribution in [0.4, 0.5) is 0 Å². The van der Waals surface area contributed by atoms with Crippen LogP contribution in [0.15, 0.2) is 18.5 Å². The van der Waals surface area contributed by atoms with Gasteiger partial charge in [-0.15, -0.1) is 0 Å². The molecule has 0 saturated heterocycles. The summed E-state index contributed by atoms with van der Waals surface area (Å²) in [6.45, 7) is 0. The van der Waals surface area contributed by atoms with E-state index in [0.717, 1.165) is 0 Å². The van der Waals surface area contributed by atoms with Gasteiger partial charge in [-0.25, -0.2) is 19.2 Å². The number of carbonyl (C=O) groups is 1. The number of nitrogens with zero attached hydrogens (tertiary/aromatic N) is 5. The van der Waals surface area contributed by atoms with Crippen LogP contribution in [-0.4, -0.2) is 30.6 Å². The average molecular weight is 373 g/mol. The Morgan fingerprint density at radius 3 is 2.89 bits per heavy atom. The monoisotopic (exact) mass is 373 g/mol. The Morgan fingerprint density at radius 1 is 1.50 bits per heavy atom. The van der Waals surface area contributed by atoms with E-state index < -0.39 is 5.97 Å². The van der Waals surface area contributed by atoms with Gasteiger partial charge in [0.1, 0.15) is 18.1 Å². The highest BCUT2D eigenvalue weighted by Gasteiger charge is 2.15. The quantitative estimate of drug-likeness (QED) is 0.649. The summed E-state index contributed by atoms with van der Waals surface area (Å²) in [5.41, 5.74) is 1.21. The van der Waals surface area contributed by atoms with Gasteiger partial charge in [-0.3, -0.25) is 0 Å². The standard InChI is InChI=1S/C9H5IN5O2P/c10-18-15-8(2-7(14-15)9(16)17)6-1-5(3-11)12-4-13-6/h1-2,4,18H,(H,16,17). The van der Waals surface area contributed by atoms with E-state index in [2.05, 4.69) is 37.1 Å². The minimum absolute atomic E-state index is 0.0497. The maximum atomic E-state index is 10.9. The van der Waals surface area contributed by atoms with E-state index in [1.54, 1.807) is 0 Å². The van der Waals surface area contributed by atoms with E-state index in [4.69, 9.17) is 10.4 Å². The summed E-state index contributed by atoms with van der Waals surface area (Å²) >= 11 is 2.09. The van der Waals surface area contributed by atoms with Crippen molar-refractivity contribution >= 4 is 34.4 Å². The van der Waals surface area contributed by atoms with Gasteiger partial charge in [0.2, 0.25) is 0 Å². The van der Waals surface area contributed by atoms with Crippen molar-refractivity contribution in [1.82, 2.24) is 19.5 Å². The highest BCUT2D eigenvalue weighted by atomic mass is 127. The summed E-state index contributed by atoms with van der Waals surface area (Å²) in [7, 11) is 0. The van der Waals surface area contributed by atoms with Crippen molar-refractivity contribution in [2.45, 2.75) is 0 Å². The lowest BCUT2D eigenvalue weighted by atomic mass is 10.2. The molecule has 0 saturated carbocycles. The third-order valence-corrected chi connectivity index (χ3v) is 3.92. The molecule has 18 heavy (non-hydrogen) atoms.